The van der Waals surface area contributed by atoms with Crippen LogP contribution in [0.4, 0.5) is 0 Å². The average Bonchev–Trinajstić information content (AvgIpc) is 2.61. The molecule has 0 saturated carbocycles. The van der Waals surface area contributed by atoms with E-state index in [9.17, 15) is 0 Å². The maximum absolute atomic E-state index is 4.46. The fourth-order valence-electron chi connectivity index (χ4n) is 2.06. The van der Waals surface area contributed by atoms with Gasteiger partial charge in [-0.3, -0.25) is 0 Å². The van der Waals surface area contributed by atoms with Crippen molar-refractivity contribution in [3.63, 3.8) is 0 Å². The Morgan fingerprint density at radius 3 is 2.93 bits per heavy atom. The molecule has 4 heteroatoms. The molecule has 0 spiro atoms. The number of halogens is 1. The maximum atomic E-state index is 4.46. The van der Waals surface area contributed by atoms with E-state index in [1.54, 1.807) is 0 Å². The summed E-state index contributed by atoms with van der Waals surface area (Å²) in [4.78, 5) is 4.46. The van der Waals surface area contributed by atoms with E-state index in [0.717, 1.165) is 24.1 Å². The topological polar surface area (TPSA) is 29.9 Å². The fourth-order valence-corrected chi connectivity index (χ4v) is 2.49. The van der Waals surface area contributed by atoms with Gasteiger partial charge in [0, 0.05) is 18.7 Å². The Balaban J connectivity index is 2.20. The summed E-state index contributed by atoms with van der Waals surface area (Å²) < 4.78 is 3.30. The SMILES string of the molecule is CCc1nc(Br)cn1C1CCNCC1. The average molecular weight is 258 g/mol. The van der Waals surface area contributed by atoms with Gasteiger partial charge in [-0.15, -0.1) is 0 Å². The molecule has 0 bridgehead atoms. The second kappa shape index (κ2) is 4.45. The molecular weight excluding hydrogens is 242 g/mol. The predicted octanol–water partition coefficient (Wildman–Crippen LogP) is 2.13. The number of piperidine rings is 1. The van der Waals surface area contributed by atoms with Gasteiger partial charge >= 0.3 is 0 Å². The van der Waals surface area contributed by atoms with Crippen molar-refractivity contribution in [3.05, 3.63) is 16.6 Å². The van der Waals surface area contributed by atoms with Gasteiger partial charge in [-0.25, -0.2) is 4.98 Å². The predicted molar refractivity (Wildman–Crippen MR) is 60.4 cm³/mol. The summed E-state index contributed by atoms with van der Waals surface area (Å²) in [5, 5.41) is 3.38. The lowest BCUT2D eigenvalue weighted by molar-refractivity contribution is 0.360. The molecule has 3 nitrogen and oxygen atoms in total. The van der Waals surface area contributed by atoms with Gasteiger partial charge in [0.1, 0.15) is 10.4 Å². The van der Waals surface area contributed by atoms with Crippen molar-refractivity contribution in [1.82, 2.24) is 14.9 Å². The van der Waals surface area contributed by atoms with E-state index < -0.39 is 0 Å². The number of imidazole rings is 1. The van der Waals surface area contributed by atoms with Crippen LogP contribution in [0.1, 0.15) is 31.6 Å². The van der Waals surface area contributed by atoms with Gasteiger partial charge in [-0.05, 0) is 41.9 Å². The van der Waals surface area contributed by atoms with Crippen LogP contribution in [0.3, 0.4) is 0 Å². The molecule has 14 heavy (non-hydrogen) atoms. The Morgan fingerprint density at radius 2 is 2.29 bits per heavy atom. The van der Waals surface area contributed by atoms with Crippen LogP contribution in [-0.4, -0.2) is 22.6 Å². The van der Waals surface area contributed by atoms with E-state index in [1.807, 2.05) is 0 Å². The Bertz CT molecular complexity index is 302. The number of hydrogen-bond acceptors (Lipinski definition) is 2. The smallest absolute Gasteiger partial charge is 0.124 e. The normalized spacial score (nSPS) is 18.7. The largest absolute Gasteiger partial charge is 0.331 e. The lowest BCUT2D eigenvalue weighted by Crippen LogP contribution is -2.29. The molecule has 0 atom stereocenters. The molecule has 1 fully saturated rings. The van der Waals surface area contributed by atoms with Crippen molar-refractivity contribution in [2.45, 2.75) is 32.2 Å². The Hall–Kier alpha value is -0.350. The molecule has 1 aromatic heterocycles. The first-order chi connectivity index (χ1) is 6.81. The van der Waals surface area contributed by atoms with E-state index in [-0.39, 0.29) is 0 Å². The van der Waals surface area contributed by atoms with Crippen LogP contribution < -0.4 is 5.32 Å². The molecule has 0 aliphatic carbocycles. The molecule has 1 aromatic rings. The van der Waals surface area contributed by atoms with E-state index in [2.05, 4.69) is 43.9 Å². The molecule has 78 valence electrons. The fraction of sp³-hybridized carbons (Fsp3) is 0.700. The van der Waals surface area contributed by atoms with Crippen LogP contribution >= 0.6 is 15.9 Å². The van der Waals surface area contributed by atoms with Gasteiger partial charge in [0.15, 0.2) is 0 Å². The zero-order chi connectivity index (χ0) is 9.97. The summed E-state index contributed by atoms with van der Waals surface area (Å²) >= 11 is 3.44. The highest BCUT2D eigenvalue weighted by Crippen LogP contribution is 2.23. The zero-order valence-corrected chi connectivity index (χ0v) is 10.0. The third kappa shape index (κ3) is 2.01. The molecule has 2 heterocycles. The van der Waals surface area contributed by atoms with Crippen molar-refractivity contribution in [3.8, 4) is 0 Å². The lowest BCUT2D eigenvalue weighted by Gasteiger charge is -2.25. The number of hydrogen-bond donors (Lipinski definition) is 1. The molecule has 0 aromatic carbocycles. The summed E-state index contributed by atoms with van der Waals surface area (Å²) in [5.41, 5.74) is 0. The first-order valence-corrected chi connectivity index (χ1v) is 6.04. The van der Waals surface area contributed by atoms with Crippen LogP contribution in [0.15, 0.2) is 10.8 Å². The molecule has 0 amide bonds. The minimum Gasteiger partial charge on any atom is -0.331 e. The second-order valence-corrected chi connectivity index (χ2v) is 4.53. The van der Waals surface area contributed by atoms with E-state index in [0.29, 0.717) is 6.04 Å². The van der Waals surface area contributed by atoms with Gasteiger partial charge in [-0.2, -0.15) is 0 Å². The van der Waals surface area contributed by atoms with Gasteiger partial charge in [0.05, 0.1) is 0 Å². The first kappa shape index (κ1) is 10.2. The van der Waals surface area contributed by atoms with Crippen molar-refractivity contribution < 1.29 is 0 Å². The number of aryl methyl sites for hydroxylation is 1. The minimum absolute atomic E-state index is 0.644. The first-order valence-electron chi connectivity index (χ1n) is 5.25. The molecule has 0 unspecified atom stereocenters. The van der Waals surface area contributed by atoms with Crippen molar-refractivity contribution in [1.29, 1.82) is 0 Å². The number of nitrogens with zero attached hydrogens (tertiary/aromatic N) is 2. The molecule has 0 radical (unpaired) electrons. The van der Waals surface area contributed by atoms with Crippen LogP contribution in [0.2, 0.25) is 0 Å². The number of rotatable bonds is 2. The van der Waals surface area contributed by atoms with Gasteiger partial charge in [-0.1, -0.05) is 6.92 Å². The highest BCUT2D eigenvalue weighted by Gasteiger charge is 2.17. The number of aromatic nitrogens is 2. The summed E-state index contributed by atoms with van der Waals surface area (Å²) in [6.45, 7) is 4.42. The van der Waals surface area contributed by atoms with Crippen molar-refractivity contribution >= 4 is 15.9 Å². The minimum atomic E-state index is 0.644. The summed E-state index contributed by atoms with van der Waals surface area (Å²) in [5.74, 6) is 1.20. The van der Waals surface area contributed by atoms with E-state index >= 15 is 0 Å². The Morgan fingerprint density at radius 1 is 1.57 bits per heavy atom. The Kier molecular flexibility index (Phi) is 3.23. The zero-order valence-electron chi connectivity index (χ0n) is 8.46. The van der Waals surface area contributed by atoms with Crippen LogP contribution in [0.25, 0.3) is 0 Å². The van der Waals surface area contributed by atoms with Gasteiger partial charge in [0.25, 0.3) is 0 Å². The molecule has 2 rings (SSSR count). The van der Waals surface area contributed by atoms with Crippen LogP contribution in [-0.2, 0) is 6.42 Å². The van der Waals surface area contributed by atoms with Gasteiger partial charge in [0.2, 0.25) is 0 Å². The molecule has 1 aliphatic rings. The third-order valence-electron chi connectivity index (χ3n) is 2.80. The molecular formula is C10H16BrN3. The highest BCUT2D eigenvalue weighted by atomic mass is 79.9. The molecule has 1 N–H and O–H groups in total. The van der Waals surface area contributed by atoms with Gasteiger partial charge < -0.3 is 9.88 Å². The maximum Gasteiger partial charge on any atom is 0.124 e. The standard InChI is InChI=1S/C10H16BrN3/c1-2-10-13-9(11)7-14(10)8-3-5-12-6-4-8/h7-8,12H,2-6H2,1H3. The lowest BCUT2D eigenvalue weighted by atomic mass is 10.1. The Labute approximate surface area is 93.0 Å². The number of nitrogens with one attached hydrogen (secondary N) is 1. The monoisotopic (exact) mass is 257 g/mol. The third-order valence-corrected chi connectivity index (χ3v) is 3.18. The van der Waals surface area contributed by atoms with Crippen molar-refractivity contribution in [2.24, 2.45) is 0 Å². The highest BCUT2D eigenvalue weighted by molar-refractivity contribution is 9.10. The van der Waals surface area contributed by atoms with Crippen molar-refractivity contribution in [2.75, 3.05) is 13.1 Å². The van der Waals surface area contributed by atoms with E-state index in [1.165, 1.54) is 18.7 Å². The summed E-state index contributed by atoms with van der Waals surface area (Å²) in [6, 6.07) is 0.644. The van der Waals surface area contributed by atoms with E-state index in [4.69, 9.17) is 0 Å². The second-order valence-electron chi connectivity index (χ2n) is 3.72. The quantitative estimate of drug-likeness (QED) is 0.880. The molecule has 1 aliphatic heterocycles. The summed E-state index contributed by atoms with van der Waals surface area (Å²) in [7, 11) is 0. The van der Waals surface area contributed by atoms with Crippen LogP contribution in [0, 0.1) is 0 Å². The van der Waals surface area contributed by atoms with Crippen LogP contribution in [0.5, 0.6) is 0 Å². The summed E-state index contributed by atoms with van der Waals surface area (Å²) in [6.07, 6.45) is 5.57. The molecule has 1 saturated heterocycles.